The lowest BCUT2D eigenvalue weighted by molar-refractivity contribution is 0.0159. The van der Waals surface area contributed by atoms with Gasteiger partial charge in [-0.3, -0.25) is 15.8 Å². The van der Waals surface area contributed by atoms with Gasteiger partial charge in [-0.25, -0.2) is 4.39 Å². The van der Waals surface area contributed by atoms with Gasteiger partial charge in [0, 0.05) is 50.7 Å². The first-order valence-electron chi connectivity index (χ1n) is 8.50. The second kappa shape index (κ2) is 9.65. The molecule has 0 aliphatic carbocycles. The van der Waals surface area contributed by atoms with Crippen molar-refractivity contribution in [2.75, 3.05) is 45.9 Å². The minimum absolute atomic E-state index is 0. The Balaban J connectivity index is 0.00000208. The first-order valence-corrected chi connectivity index (χ1v) is 8.50. The van der Waals surface area contributed by atoms with Gasteiger partial charge in [0.1, 0.15) is 5.82 Å². The summed E-state index contributed by atoms with van der Waals surface area (Å²) in [5.74, 6) is 0.409. The number of benzene rings is 1. The second-order valence-electron chi connectivity index (χ2n) is 6.45. The molecule has 0 saturated carbocycles. The van der Waals surface area contributed by atoms with Crippen molar-refractivity contribution in [2.45, 2.75) is 19.0 Å². The highest BCUT2D eigenvalue weighted by atomic mass is 35.5. The van der Waals surface area contributed by atoms with Gasteiger partial charge in [-0.15, -0.1) is 12.4 Å². The van der Waals surface area contributed by atoms with E-state index in [9.17, 15) is 4.39 Å². The fraction of sp³-hybridized carbons (Fsp3) is 0.647. The number of nitrogens with one attached hydrogen (secondary N) is 3. The van der Waals surface area contributed by atoms with E-state index in [1.54, 1.807) is 12.1 Å². The summed E-state index contributed by atoms with van der Waals surface area (Å²) in [6, 6.07) is 7.64. The summed E-state index contributed by atoms with van der Waals surface area (Å²) in [5, 5.41) is 3.59. The minimum Gasteiger partial charge on any atom is -0.379 e. The van der Waals surface area contributed by atoms with Crippen LogP contribution in [0.25, 0.3) is 0 Å². The molecule has 0 spiro atoms. The first kappa shape index (κ1) is 19.6. The Hall–Kier alpha value is -0.760. The molecule has 1 aromatic rings. The van der Waals surface area contributed by atoms with E-state index in [0.29, 0.717) is 12.0 Å². The van der Waals surface area contributed by atoms with Crippen molar-refractivity contribution in [3.05, 3.63) is 35.6 Å². The zero-order chi connectivity index (χ0) is 16.1. The average Bonchev–Trinajstić information content (AvgIpc) is 2.97. The fourth-order valence-corrected chi connectivity index (χ4v) is 3.36. The lowest BCUT2D eigenvalue weighted by Gasteiger charge is -2.35. The SMILES string of the molecule is CC1NNCC1CNCC(c1cccc(F)c1)N1CCOCC1.Cl. The summed E-state index contributed by atoms with van der Waals surface area (Å²) in [4.78, 5) is 2.39. The van der Waals surface area contributed by atoms with E-state index < -0.39 is 0 Å². The van der Waals surface area contributed by atoms with Crippen LogP contribution in [0.3, 0.4) is 0 Å². The number of rotatable bonds is 6. The number of hydrogen-bond acceptors (Lipinski definition) is 5. The third kappa shape index (κ3) is 5.12. The maximum atomic E-state index is 13.6. The quantitative estimate of drug-likeness (QED) is 0.716. The Morgan fingerprint density at radius 1 is 1.38 bits per heavy atom. The Morgan fingerprint density at radius 2 is 2.17 bits per heavy atom. The molecule has 2 saturated heterocycles. The molecule has 0 aromatic heterocycles. The van der Waals surface area contributed by atoms with Crippen molar-refractivity contribution in [2.24, 2.45) is 5.92 Å². The van der Waals surface area contributed by atoms with Crippen LogP contribution in [0.5, 0.6) is 0 Å². The zero-order valence-electron chi connectivity index (χ0n) is 14.1. The number of halogens is 2. The number of hydrogen-bond donors (Lipinski definition) is 3. The third-order valence-corrected chi connectivity index (χ3v) is 4.87. The van der Waals surface area contributed by atoms with Crippen LogP contribution in [0, 0.1) is 11.7 Å². The molecule has 24 heavy (non-hydrogen) atoms. The number of morpholine rings is 1. The number of nitrogens with zero attached hydrogens (tertiary/aromatic N) is 1. The molecule has 0 amide bonds. The van der Waals surface area contributed by atoms with Crippen LogP contribution >= 0.6 is 12.4 Å². The molecule has 2 fully saturated rings. The van der Waals surface area contributed by atoms with Crippen LogP contribution in [0.15, 0.2) is 24.3 Å². The molecule has 3 unspecified atom stereocenters. The van der Waals surface area contributed by atoms with Crippen LogP contribution < -0.4 is 16.2 Å². The second-order valence-corrected chi connectivity index (χ2v) is 6.45. The van der Waals surface area contributed by atoms with E-state index >= 15 is 0 Å². The van der Waals surface area contributed by atoms with Crippen LogP contribution in [0.2, 0.25) is 0 Å². The topological polar surface area (TPSA) is 48.6 Å². The molecule has 5 nitrogen and oxygen atoms in total. The highest BCUT2D eigenvalue weighted by Crippen LogP contribution is 2.22. The van der Waals surface area contributed by atoms with Gasteiger partial charge in [0.2, 0.25) is 0 Å². The molecule has 3 rings (SSSR count). The van der Waals surface area contributed by atoms with Crippen molar-refractivity contribution in [1.29, 1.82) is 0 Å². The molecular weight excluding hydrogens is 331 g/mol. The van der Waals surface area contributed by atoms with E-state index in [-0.39, 0.29) is 24.3 Å². The Kier molecular flexibility index (Phi) is 7.87. The molecule has 7 heteroatoms. The van der Waals surface area contributed by atoms with Crippen LogP contribution in [-0.4, -0.2) is 56.9 Å². The molecule has 136 valence electrons. The molecule has 2 heterocycles. The van der Waals surface area contributed by atoms with E-state index in [0.717, 1.165) is 51.5 Å². The largest absolute Gasteiger partial charge is 0.379 e. The van der Waals surface area contributed by atoms with Crippen molar-refractivity contribution >= 4 is 12.4 Å². The zero-order valence-corrected chi connectivity index (χ0v) is 14.9. The summed E-state index contributed by atoms with van der Waals surface area (Å²) in [7, 11) is 0. The summed E-state index contributed by atoms with van der Waals surface area (Å²) in [6.45, 7) is 8.24. The van der Waals surface area contributed by atoms with Crippen molar-refractivity contribution < 1.29 is 9.13 Å². The third-order valence-electron chi connectivity index (χ3n) is 4.87. The van der Waals surface area contributed by atoms with E-state index in [2.05, 4.69) is 28.0 Å². The summed E-state index contributed by atoms with van der Waals surface area (Å²) >= 11 is 0. The van der Waals surface area contributed by atoms with Gasteiger partial charge >= 0.3 is 0 Å². The minimum atomic E-state index is -0.168. The monoisotopic (exact) mass is 358 g/mol. The van der Waals surface area contributed by atoms with Gasteiger partial charge in [0.25, 0.3) is 0 Å². The molecule has 3 N–H and O–H groups in total. The number of ether oxygens (including phenoxy) is 1. The van der Waals surface area contributed by atoms with Crippen molar-refractivity contribution in [3.63, 3.8) is 0 Å². The molecule has 1 aromatic carbocycles. The lowest BCUT2D eigenvalue weighted by Crippen LogP contribution is -2.44. The molecular formula is C17H28ClFN4O. The van der Waals surface area contributed by atoms with E-state index in [1.807, 2.05) is 6.07 Å². The lowest BCUT2D eigenvalue weighted by atomic mass is 10.0. The van der Waals surface area contributed by atoms with Gasteiger partial charge in [-0.2, -0.15) is 0 Å². The summed E-state index contributed by atoms with van der Waals surface area (Å²) < 4.78 is 19.1. The Bertz CT molecular complexity index is 501. The van der Waals surface area contributed by atoms with Crippen molar-refractivity contribution in [1.82, 2.24) is 21.1 Å². The van der Waals surface area contributed by atoms with Crippen LogP contribution in [0.1, 0.15) is 18.5 Å². The summed E-state index contributed by atoms with van der Waals surface area (Å²) in [5.41, 5.74) is 7.48. The normalized spacial score (nSPS) is 26.1. The maximum Gasteiger partial charge on any atom is 0.123 e. The average molecular weight is 359 g/mol. The van der Waals surface area contributed by atoms with E-state index in [4.69, 9.17) is 4.74 Å². The molecule has 3 atom stereocenters. The molecule has 0 bridgehead atoms. The van der Waals surface area contributed by atoms with Crippen molar-refractivity contribution in [3.8, 4) is 0 Å². The van der Waals surface area contributed by atoms with E-state index in [1.165, 1.54) is 6.07 Å². The standard InChI is InChI=1S/C17H27FN4O.ClH/c1-13-15(11-20-21-13)10-19-12-17(22-5-7-23-8-6-22)14-3-2-4-16(18)9-14;/h2-4,9,13,15,17,19-21H,5-8,10-12H2,1H3;1H. The highest BCUT2D eigenvalue weighted by molar-refractivity contribution is 5.85. The van der Waals surface area contributed by atoms with Gasteiger partial charge < -0.3 is 10.1 Å². The molecule has 2 aliphatic rings. The van der Waals surface area contributed by atoms with Crippen LogP contribution in [0.4, 0.5) is 4.39 Å². The molecule has 0 radical (unpaired) electrons. The smallest absolute Gasteiger partial charge is 0.123 e. The van der Waals surface area contributed by atoms with Gasteiger partial charge in [-0.1, -0.05) is 12.1 Å². The predicted octanol–water partition coefficient (Wildman–Crippen LogP) is 1.32. The number of hydrazine groups is 1. The highest BCUT2D eigenvalue weighted by Gasteiger charge is 2.25. The fourth-order valence-electron chi connectivity index (χ4n) is 3.36. The Morgan fingerprint density at radius 3 is 2.83 bits per heavy atom. The van der Waals surface area contributed by atoms with Gasteiger partial charge in [-0.05, 0) is 24.6 Å². The van der Waals surface area contributed by atoms with Crippen LogP contribution in [-0.2, 0) is 4.74 Å². The maximum absolute atomic E-state index is 13.6. The molecule has 2 aliphatic heterocycles. The summed E-state index contributed by atoms with van der Waals surface area (Å²) in [6.07, 6.45) is 0. The first-order chi connectivity index (χ1) is 11.2. The predicted molar refractivity (Wildman–Crippen MR) is 95.7 cm³/mol. The van der Waals surface area contributed by atoms with Gasteiger partial charge in [0.05, 0.1) is 13.2 Å². The van der Waals surface area contributed by atoms with Gasteiger partial charge in [0.15, 0.2) is 0 Å². The Labute approximate surface area is 149 Å².